The van der Waals surface area contributed by atoms with Crippen molar-refractivity contribution in [1.29, 1.82) is 0 Å². The molecule has 1 aliphatic heterocycles. The molecule has 2 heterocycles. The molecule has 0 aromatic carbocycles. The Balaban J connectivity index is 2.12. The Bertz CT molecular complexity index is 345. The Morgan fingerprint density at radius 2 is 2.33 bits per heavy atom. The number of nitrogens with zero attached hydrogens (tertiary/aromatic N) is 2. The number of hydrogen-bond donors (Lipinski definition) is 1. The van der Waals surface area contributed by atoms with Gasteiger partial charge in [0.15, 0.2) is 0 Å². The molecule has 1 aromatic heterocycles. The van der Waals surface area contributed by atoms with E-state index in [1.165, 1.54) is 6.07 Å². The summed E-state index contributed by atoms with van der Waals surface area (Å²) in [5, 5.41) is 9.72. The molecule has 0 spiro atoms. The smallest absolute Gasteiger partial charge is 0.214 e. The monoisotopic (exact) mass is 210 g/mol. The summed E-state index contributed by atoms with van der Waals surface area (Å²) in [7, 11) is 0. The van der Waals surface area contributed by atoms with Crippen molar-refractivity contribution in [3.05, 3.63) is 24.1 Å². The van der Waals surface area contributed by atoms with Gasteiger partial charge in [0.05, 0.1) is 6.10 Å². The minimum absolute atomic E-state index is 0.315. The molecule has 0 amide bonds. The summed E-state index contributed by atoms with van der Waals surface area (Å²) in [6, 6.07) is 4.74. The van der Waals surface area contributed by atoms with E-state index in [-0.39, 0.29) is 6.10 Å². The molecule has 0 bridgehead atoms. The fourth-order valence-electron chi connectivity index (χ4n) is 1.83. The van der Waals surface area contributed by atoms with Gasteiger partial charge in [0.1, 0.15) is 5.82 Å². The van der Waals surface area contributed by atoms with Crippen molar-refractivity contribution in [2.45, 2.75) is 19.4 Å². The second kappa shape index (κ2) is 4.14. The van der Waals surface area contributed by atoms with E-state index in [0.717, 1.165) is 13.0 Å². The fraction of sp³-hybridized carbons (Fsp3) is 0.545. The van der Waals surface area contributed by atoms with Crippen molar-refractivity contribution < 1.29 is 9.50 Å². The van der Waals surface area contributed by atoms with E-state index in [1.807, 2.05) is 11.8 Å². The molecule has 0 saturated carbocycles. The lowest BCUT2D eigenvalue weighted by Crippen LogP contribution is -2.43. The summed E-state index contributed by atoms with van der Waals surface area (Å²) in [6.45, 7) is 3.40. The lowest BCUT2D eigenvalue weighted by atomic mass is 9.96. The molecule has 1 aliphatic rings. The van der Waals surface area contributed by atoms with Gasteiger partial charge >= 0.3 is 0 Å². The van der Waals surface area contributed by atoms with Gasteiger partial charge in [0, 0.05) is 13.1 Å². The maximum absolute atomic E-state index is 12.9. The van der Waals surface area contributed by atoms with Crippen molar-refractivity contribution in [1.82, 2.24) is 4.98 Å². The number of aliphatic hydroxyl groups is 1. The van der Waals surface area contributed by atoms with Gasteiger partial charge in [-0.25, -0.2) is 4.98 Å². The van der Waals surface area contributed by atoms with Crippen molar-refractivity contribution in [3.8, 4) is 0 Å². The molecule has 82 valence electrons. The Hall–Kier alpha value is -1.16. The lowest BCUT2D eigenvalue weighted by Gasteiger charge is -2.34. The number of hydrogen-bond acceptors (Lipinski definition) is 3. The summed E-state index contributed by atoms with van der Waals surface area (Å²) in [4.78, 5) is 5.73. The molecule has 15 heavy (non-hydrogen) atoms. The van der Waals surface area contributed by atoms with Crippen LogP contribution in [0.1, 0.15) is 13.3 Å². The first-order chi connectivity index (χ1) is 7.16. The maximum Gasteiger partial charge on any atom is 0.214 e. The Morgan fingerprint density at radius 3 is 3.00 bits per heavy atom. The summed E-state index contributed by atoms with van der Waals surface area (Å²) in [5.41, 5.74) is 0. The van der Waals surface area contributed by atoms with E-state index < -0.39 is 5.95 Å². The molecule has 0 aliphatic carbocycles. The van der Waals surface area contributed by atoms with Crippen LogP contribution in [0.25, 0.3) is 0 Å². The minimum atomic E-state index is -0.472. The summed E-state index contributed by atoms with van der Waals surface area (Å²) < 4.78 is 12.9. The average molecular weight is 210 g/mol. The van der Waals surface area contributed by atoms with Gasteiger partial charge in [-0.3, -0.25) is 0 Å². The van der Waals surface area contributed by atoms with E-state index >= 15 is 0 Å². The van der Waals surface area contributed by atoms with Gasteiger partial charge in [-0.05, 0) is 24.5 Å². The van der Waals surface area contributed by atoms with E-state index in [0.29, 0.717) is 18.3 Å². The maximum atomic E-state index is 12.9. The number of β-amino-alcohol motifs (C(OH)–C–C–N with tert-alkyl or cyclic N) is 1. The standard InChI is InChI=1S/C11H15FN2O/c1-8-5-6-14(7-9(8)15)11-4-2-3-10(12)13-11/h2-4,8-9,15H,5-7H2,1H3. The largest absolute Gasteiger partial charge is 0.391 e. The molecule has 1 saturated heterocycles. The van der Waals surface area contributed by atoms with Gasteiger partial charge < -0.3 is 10.0 Å². The molecule has 4 heteroatoms. The number of aliphatic hydroxyl groups excluding tert-OH is 1. The molecule has 2 atom stereocenters. The lowest BCUT2D eigenvalue weighted by molar-refractivity contribution is 0.102. The molecular weight excluding hydrogens is 195 g/mol. The summed E-state index contributed by atoms with van der Waals surface area (Å²) >= 11 is 0. The number of anilines is 1. The van der Waals surface area contributed by atoms with Gasteiger partial charge in [-0.1, -0.05) is 13.0 Å². The van der Waals surface area contributed by atoms with E-state index in [9.17, 15) is 9.50 Å². The summed E-state index contributed by atoms with van der Waals surface area (Å²) in [5.74, 6) is 0.455. The third-order valence-corrected chi connectivity index (χ3v) is 2.94. The first-order valence-electron chi connectivity index (χ1n) is 5.22. The predicted molar refractivity (Wildman–Crippen MR) is 56.2 cm³/mol. The Morgan fingerprint density at radius 1 is 1.53 bits per heavy atom. The zero-order valence-corrected chi connectivity index (χ0v) is 8.73. The Kier molecular flexibility index (Phi) is 2.86. The van der Waals surface area contributed by atoms with Crippen LogP contribution in [0.3, 0.4) is 0 Å². The molecule has 3 nitrogen and oxygen atoms in total. The van der Waals surface area contributed by atoms with Crippen LogP contribution in [0.15, 0.2) is 18.2 Å². The molecular formula is C11H15FN2O. The fourth-order valence-corrected chi connectivity index (χ4v) is 1.83. The second-order valence-corrected chi connectivity index (χ2v) is 4.10. The first-order valence-corrected chi connectivity index (χ1v) is 5.22. The van der Waals surface area contributed by atoms with Crippen LogP contribution in [0.2, 0.25) is 0 Å². The van der Waals surface area contributed by atoms with E-state index in [2.05, 4.69) is 4.98 Å². The van der Waals surface area contributed by atoms with Gasteiger partial charge in [-0.2, -0.15) is 4.39 Å². The van der Waals surface area contributed by atoms with Crippen LogP contribution in [-0.2, 0) is 0 Å². The van der Waals surface area contributed by atoms with Crippen molar-refractivity contribution in [3.63, 3.8) is 0 Å². The number of rotatable bonds is 1. The molecule has 1 fully saturated rings. The highest BCUT2D eigenvalue weighted by molar-refractivity contribution is 5.38. The van der Waals surface area contributed by atoms with Crippen LogP contribution >= 0.6 is 0 Å². The minimum Gasteiger partial charge on any atom is -0.391 e. The quantitative estimate of drug-likeness (QED) is 0.712. The number of aromatic nitrogens is 1. The topological polar surface area (TPSA) is 36.4 Å². The van der Waals surface area contributed by atoms with E-state index in [1.54, 1.807) is 12.1 Å². The number of pyridine rings is 1. The highest BCUT2D eigenvalue weighted by Crippen LogP contribution is 2.21. The van der Waals surface area contributed by atoms with Gasteiger partial charge in [0.2, 0.25) is 5.95 Å². The van der Waals surface area contributed by atoms with Crippen LogP contribution in [0.4, 0.5) is 10.2 Å². The predicted octanol–water partition coefficient (Wildman–Crippen LogP) is 1.43. The molecule has 2 unspecified atom stereocenters. The SMILES string of the molecule is CC1CCN(c2cccc(F)n2)CC1O. The van der Waals surface area contributed by atoms with Crippen molar-refractivity contribution in [2.24, 2.45) is 5.92 Å². The molecule has 0 radical (unpaired) electrons. The molecule has 2 rings (SSSR count). The Labute approximate surface area is 88.6 Å². The second-order valence-electron chi connectivity index (χ2n) is 4.10. The average Bonchev–Trinajstić information content (AvgIpc) is 2.22. The zero-order valence-electron chi connectivity index (χ0n) is 8.73. The highest BCUT2D eigenvalue weighted by Gasteiger charge is 2.24. The first kappa shape index (κ1) is 10.4. The van der Waals surface area contributed by atoms with Crippen LogP contribution < -0.4 is 4.90 Å². The third-order valence-electron chi connectivity index (χ3n) is 2.94. The molecule has 1 N–H and O–H groups in total. The van der Waals surface area contributed by atoms with Crippen LogP contribution in [0.5, 0.6) is 0 Å². The third kappa shape index (κ3) is 2.26. The zero-order chi connectivity index (χ0) is 10.8. The normalized spacial score (nSPS) is 26.7. The van der Waals surface area contributed by atoms with Crippen LogP contribution in [0, 0.1) is 11.9 Å². The highest BCUT2D eigenvalue weighted by atomic mass is 19.1. The summed E-state index contributed by atoms with van der Waals surface area (Å²) in [6.07, 6.45) is 0.572. The van der Waals surface area contributed by atoms with Crippen molar-refractivity contribution >= 4 is 5.82 Å². The van der Waals surface area contributed by atoms with E-state index in [4.69, 9.17) is 0 Å². The van der Waals surface area contributed by atoms with Crippen LogP contribution in [-0.4, -0.2) is 29.3 Å². The number of piperidine rings is 1. The number of halogens is 1. The van der Waals surface area contributed by atoms with Crippen molar-refractivity contribution in [2.75, 3.05) is 18.0 Å². The van der Waals surface area contributed by atoms with Gasteiger partial charge in [0.25, 0.3) is 0 Å². The molecule has 1 aromatic rings. The van der Waals surface area contributed by atoms with Gasteiger partial charge in [-0.15, -0.1) is 0 Å².